The molecule has 43 heavy (non-hydrogen) atoms. The predicted molar refractivity (Wildman–Crippen MR) is 167 cm³/mol. The summed E-state index contributed by atoms with van der Waals surface area (Å²) in [6, 6.07) is 27.5. The molecular weight excluding hydrogens is 541 g/mol. The summed E-state index contributed by atoms with van der Waals surface area (Å²) in [5.74, 6) is -1.82. The Morgan fingerprint density at radius 1 is 0.884 bits per heavy atom. The number of rotatable bonds is 9. The summed E-state index contributed by atoms with van der Waals surface area (Å²) in [7, 11) is 1.32. The third kappa shape index (κ3) is 6.42. The fourth-order valence-corrected chi connectivity index (χ4v) is 6.68. The number of nitrogens with one attached hydrogen (secondary N) is 2. The van der Waals surface area contributed by atoms with E-state index in [-0.39, 0.29) is 17.1 Å². The molecule has 5 rings (SSSR count). The molecule has 0 bridgehead atoms. The average Bonchev–Trinajstić information content (AvgIpc) is 3.04. The second kappa shape index (κ2) is 13.4. The highest BCUT2D eigenvalue weighted by Crippen LogP contribution is 2.42. The Balaban J connectivity index is 1.22. The van der Waals surface area contributed by atoms with Crippen LogP contribution in [0.5, 0.6) is 0 Å². The van der Waals surface area contributed by atoms with E-state index in [1.165, 1.54) is 30.4 Å². The van der Waals surface area contributed by atoms with E-state index in [4.69, 9.17) is 4.74 Å². The number of dihydropyridines is 1. The molecule has 1 fully saturated rings. The summed E-state index contributed by atoms with van der Waals surface area (Å²) in [5, 5.41) is 6.26. The van der Waals surface area contributed by atoms with Crippen LogP contribution in [0.3, 0.4) is 0 Å². The lowest BCUT2D eigenvalue weighted by Crippen LogP contribution is -2.44. The fraction of sp³-hybridized carbons (Fsp3) is 0.333. The van der Waals surface area contributed by atoms with Crippen LogP contribution in [0.2, 0.25) is 0 Å². The lowest BCUT2D eigenvalue weighted by atomic mass is 9.68. The number of piperidine rings is 1. The Morgan fingerprint density at radius 3 is 2.00 bits per heavy atom. The molecular formula is C36H40FN3O3. The SMILES string of the molecule is COC(=O)C1=C(C)NC(C)=C(C(=O)NCCCN2CCC(c3ccccc3)(c3ccccc3)CC2)C1c1ccc(F)cc1. The van der Waals surface area contributed by atoms with Crippen LogP contribution in [-0.4, -0.2) is 50.1 Å². The van der Waals surface area contributed by atoms with Gasteiger partial charge in [0.05, 0.1) is 18.6 Å². The highest BCUT2D eigenvalue weighted by atomic mass is 19.1. The quantitative estimate of drug-likeness (QED) is 0.246. The molecule has 2 aliphatic heterocycles. The molecule has 3 aromatic carbocycles. The molecule has 1 unspecified atom stereocenters. The first-order valence-corrected chi connectivity index (χ1v) is 15.0. The van der Waals surface area contributed by atoms with Gasteiger partial charge >= 0.3 is 5.97 Å². The van der Waals surface area contributed by atoms with E-state index in [2.05, 4.69) is 76.2 Å². The second-order valence-electron chi connectivity index (χ2n) is 11.4. The van der Waals surface area contributed by atoms with Crippen LogP contribution < -0.4 is 10.6 Å². The molecule has 224 valence electrons. The van der Waals surface area contributed by atoms with E-state index in [1.54, 1.807) is 19.1 Å². The normalized spacial score (nSPS) is 18.7. The maximum atomic E-state index is 13.7. The number of esters is 1. The van der Waals surface area contributed by atoms with Gasteiger partial charge in [-0.2, -0.15) is 0 Å². The summed E-state index contributed by atoms with van der Waals surface area (Å²) in [6.07, 6.45) is 2.87. The van der Waals surface area contributed by atoms with Gasteiger partial charge in [-0.1, -0.05) is 72.8 Å². The number of hydrogen-bond donors (Lipinski definition) is 2. The van der Waals surface area contributed by atoms with Crippen molar-refractivity contribution < 1.29 is 18.7 Å². The van der Waals surface area contributed by atoms with Crippen molar-refractivity contribution in [3.05, 3.63) is 130 Å². The van der Waals surface area contributed by atoms with Crippen LogP contribution in [0.4, 0.5) is 4.39 Å². The lowest BCUT2D eigenvalue weighted by Gasteiger charge is -2.43. The zero-order valence-corrected chi connectivity index (χ0v) is 25.2. The molecule has 0 spiro atoms. The standard InChI is InChI=1S/C36H40FN3O3/c1-25-31(33(27-15-17-30(37)18-16-27)32(26(2)39-25)35(42)43-3)34(41)38-21-10-22-40-23-19-36(20-24-40,28-11-6-4-7-12-28)29-13-8-5-9-14-29/h4-9,11-18,33,39H,10,19-24H2,1-3H3,(H,38,41). The number of likely N-dealkylation sites (tertiary alicyclic amines) is 1. The summed E-state index contributed by atoms with van der Waals surface area (Å²) in [5.41, 5.74) is 5.44. The minimum atomic E-state index is -0.666. The van der Waals surface area contributed by atoms with E-state index in [1.807, 2.05) is 6.92 Å². The van der Waals surface area contributed by atoms with Gasteiger partial charge in [0.25, 0.3) is 0 Å². The Bertz CT molecular complexity index is 1450. The first kappa shape index (κ1) is 30.2. The predicted octanol–water partition coefficient (Wildman–Crippen LogP) is 5.82. The van der Waals surface area contributed by atoms with Gasteiger partial charge in [0.15, 0.2) is 0 Å². The van der Waals surface area contributed by atoms with Gasteiger partial charge in [0, 0.05) is 28.9 Å². The number of hydrogen-bond acceptors (Lipinski definition) is 5. The van der Waals surface area contributed by atoms with Gasteiger partial charge in [-0.3, -0.25) is 4.79 Å². The molecule has 1 amide bonds. The Hall–Kier alpha value is -4.23. The van der Waals surface area contributed by atoms with Gasteiger partial charge in [0.1, 0.15) is 5.82 Å². The number of ether oxygens (including phenoxy) is 1. The van der Waals surface area contributed by atoms with Crippen molar-refractivity contribution in [1.29, 1.82) is 0 Å². The molecule has 0 aliphatic carbocycles. The topological polar surface area (TPSA) is 70.7 Å². The van der Waals surface area contributed by atoms with Gasteiger partial charge in [-0.05, 0) is 81.6 Å². The van der Waals surface area contributed by atoms with Crippen molar-refractivity contribution in [2.24, 2.45) is 0 Å². The number of methoxy groups -OCH3 is 1. The van der Waals surface area contributed by atoms with Crippen molar-refractivity contribution >= 4 is 11.9 Å². The Morgan fingerprint density at radius 2 is 1.44 bits per heavy atom. The third-order valence-electron chi connectivity index (χ3n) is 8.91. The molecule has 0 aromatic heterocycles. The summed E-state index contributed by atoms with van der Waals surface area (Å²) < 4.78 is 18.8. The summed E-state index contributed by atoms with van der Waals surface area (Å²) in [4.78, 5) is 28.9. The van der Waals surface area contributed by atoms with Gasteiger partial charge < -0.3 is 20.3 Å². The maximum Gasteiger partial charge on any atom is 0.336 e. The third-order valence-corrected chi connectivity index (χ3v) is 8.91. The minimum Gasteiger partial charge on any atom is -0.466 e. The fourth-order valence-electron chi connectivity index (χ4n) is 6.68. The largest absolute Gasteiger partial charge is 0.466 e. The lowest BCUT2D eigenvalue weighted by molar-refractivity contribution is -0.136. The smallest absolute Gasteiger partial charge is 0.336 e. The molecule has 0 saturated carbocycles. The molecule has 2 heterocycles. The van der Waals surface area contributed by atoms with Crippen LogP contribution in [0, 0.1) is 5.82 Å². The van der Waals surface area contributed by atoms with Crippen molar-refractivity contribution in [1.82, 2.24) is 15.5 Å². The number of halogens is 1. The Kier molecular flexibility index (Phi) is 9.41. The van der Waals surface area contributed by atoms with Crippen molar-refractivity contribution in [2.45, 2.75) is 44.4 Å². The zero-order valence-electron chi connectivity index (χ0n) is 25.2. The number of nitrogens with zero attached hydrogens (tertiary/aromatic N) is 1. The number of carbonyl (C=O) groups excluding carboxylic acids is 2. The van der Waals surface area contributed by atoms with E-state index >= 15 is 0 Å². The number of benzene rings is 3. The molecule has 1 atom stereocenters. The van der Waals surface area contributed by atoms with Crippen LogP contribution in [-0.2, 0) is 19.7 Å². The zero-order chi connectivity index (χ0) is 30.4. The molecule has 7 heteroatoms. The number of allylic oxidation sites excluding steroid dienone is 2. The summed E-state index contributed by atoms with van der Waals surface area (Å²) >= 11 is 0. The van der Waals surface area contributed by atoms with E-state index in [0.717, 1.165) is 38.9 Å². The first-order chi connectivity index (χ1) is 20.8. The van der Waals surface area contributed by atoms with Crippen molar-refractivity contribution in [2.75, 3.05) is 33.3 Å². The van der Waals surface area contributed by atoms with E-state index < -0.39 is 11.9 Å². The average molecular weight is 582 g/mol. The van der Waals surface area contributed by atoms with E-state index in [9.17, 15) is 14.0 Å². The number of carbonyl (C=O) groups is 2. The van der Waals surface area contributed by atoms with Crippen LogP contribution in [0.1, 0.15) is 55.7 Å². The van der Waals surface area contributed by atoms with Crippen LogP contribution in [0.25, 0.3) is 0 Å². The van der Waals surface area contributed by atoms with Crippen LogP contribution in [0.15, 0.2) is 107 Å². The van der Waals surface area contributed by atoms with Gasteiger partial charge in [0.2, 0.25) is 5.91 Å². The van der Waals surface area contributed by atoms with Gasteiger partial charge in [-0.25, -0.2) is 9.18 Å². The highest BCUT2D eigenvalue weighted by Gasteiger charge is 2.38. The van der Waals surface area contributed by atoms with Gasteiger partial charge in [-0.15, -0.1) is 0 Å². The highest BCUT2D eigenvalue weighted by molar-refractivity contribution is 6.02. The van der Waals surface area contributed by atoms with Crippen molar-refractivity contribution in [3.8, 4) is 0 Å². The molecule has 2 N–H and O–H groups in total. The summed E-state index contributed by atoms with van der Waals surface area (Å²) in [6.45, 7) is 6.94. The monoisotopic (exact) mass is 581 g/mol. The maximum absolute atomic E-state index is 13.7. The molecule has 6 nitrogen and oxygen atoms in total. The minimum absolute atomic E-state index is 0.00355. The first-order valence-electron chi connectivity index (χ1n) is 15.0. The van der Waals surface area contributed by atoms with E-state index in [0.29, 0.717) is 34.6 Å². The number of amides is 1. The second-order valence-corrected chi connectivity index (χ2v) is 11.4. The molecule has 1 saturated heterocycles. The Labute approximate surface area is 253 Å². The molecule has 2 aliphatic rings. The van der Waals surface area contributed by atoms with Crippen molar-refractivity contribution in [3.63, 3.8) is 0 Å². The molecule has 0 radical (unpaired) electrons. The molecule has 3 aromatic rings. The van der Waals surface area contributed by atoms with Crippen LogP contribution >= 0.6 is 0 Å².